The summed E-state index contributed by atoms with van der Waals surface area (Å²) in [4.78, 5) is 15.4. The molecule has 0 bridgehead atoms. The molecule has 1 aromatic rings. The van der Waals surface area contributed by atoms with E-state index in [4.69, 9.17) is 4.74 Å². The van der Waals surface area contributed by atoms with Crippen LogP contribution in [0, 0.1) is 18.8 Å². The molecule has 0 N–H and O–H groups in total. The Morgan fingerprint density at radius 1 is 1.04 bits per heavy atom. The number of carbonyl (C=O) groups is 1. The fourth-order valence-corrected chi connectivity index (χ4v) is 6.32. The van der Waals surface area contributed by atoms with Gasteiger partial charge in [0, 0.05) is 31.7 Å². The molecule has 7 heteroatoms. The van der Waals surface area contributed by atoms with Crippen molar-refractivity contribution in [1.82, 2.24) is 9.21 Å². The average molecular weight is 407 g/mol. The Morgan fingerprint density at radius 2 is 1.75 bits per heavy atom. The van der Waals surface area contributed by atoms with Crippen LogP contribution in [0.5, 0.6) is 0 Å². The van der Waals surface area contributed by atoms with Gasteiger partial charge in [0.25, 0.3) is 5.91 Å². The molecule has 0 aromatic heterocycles. The van der Waals surface area contributed by atoms with Gasteiger partial charge < -0.3 is 9.64 Å². The molecule has 154 valence electrons. The lowest BCUT2D eigenvalue weighted by Crippen LogP contribution is -2.45. The summed E-state index contributed by atoms with van der Waals surface area (Å²) in [5.74, 6) is 1.33. The van der Waals surface area contributed by atoms with E-state index in [1.165, 1.54) is 30.0 Å². The van der Waals surface area contributed by atoms with Gasteiger partial charge in [0.15, 0.2) is 0 Å². The van der Waals surface area contributed by atoms with Crippen molar-refractivity contribution < 1.29 is 17.9 Å². The fraction of sp³-hybridized carbons (Fsp3) is 0.667. The molecular formula is C21H30N2O4S. The molecule has 0 unspecified atom stereocenters. The molecule has 0 spiro atoms. The molecule has 2 heterocycles. The number of carbonyl (C=O) groups excluding carboxylic acids is 1. The summed E-state index contributed by atoms with van der Waals surface area (Å²) < 4.78 is 32.7. The minimum Gasteiger partial charge on any atom is -0.379 e. The average Bonchev–Trinajstić information content (AvgIpc) is 2.73. The van der Waals surface area contributed by atoms with Crippen molar-refractivity contribution in [1.29, 1.82) is 0 Å². The molecule has 3 aliphatic rings. The molecule has 1 amide bonds. The van der Waals surface area contributed by atoms with Gasteiger partial charge in [-0.3, -0.25) is 4.79 Å². The molecule has 28 heavy (non-hydrogen) atoms. The van der Waals surface area contributed by atoms with Gasteiger partial charge in [0.1, 0.15) is 0 Å². The largest absolute Gasteiger partial charge is 0.379 e. The van der Waals surface area contributed by atoms with Gasteiger partial charge in [-0.15, -0.1) is 0 Å². The lowest BCUT2D eigenvalue weighted by Gasteiger charge is -2.41. The second kappa shape index (κ2) is 8.13. The van der Waals surface area contributed by atoms with Crippen LogP contribution in [0.3, 0.4) is 0 Å². The van der Waals surface area contributed by atoms with Gasteiger partial charge in [0.05, 0.1) is 18.1 Å². The van der Waals surface area contributed by atoms with Gasteiger partial charge in [-0.1, -0.05) is 25.3 Å². The fourth-order valence-electron chi connectivity index (χ4n) is 4.88. The third kappa shape index (κ3) is 3.84. The lowest BCUT2D eigenvalue weighted by atomic mass is 9.75. The van der Waals surface area contributed by atoms with Crippen molar-refractivity contribution in [2.45, 2.75) is 43.9 Å². The highest BCUT2D eigenvalue weighted by atomic mass is 32.2. The normalized spacial score (nSPS) is 26.7. The summed E-state index contributed by atoms with van der Waals surface area (Å²) in [6, 6.07) is 4.95. The number of piperidine rings is 1. The summed E-state index contributed by atoms with van der Waals surface area (Å²) >= 11 is 0. The molecule has 2 saturated heterocycles. The van der Waals surface area contributed by atoms with E-state index in [2.05, 4.69) is 0 Å². The number of sulfonamides is 1. The number of nitrogens with zero attached hydrogens (tertiary/aromatic N) is 2. The van der Waals surface area contributed by atoms with Crippen molar-refractivity contribution in [2.75, 3.05) is 39.4 Å². The van der Waals surface area contributed by atoms with Crippen LogP contribution in [-0.4, -0.2) is 62.9 Å². The minimum atomic E-state index is -3.60. The molecule has 1 aliphatic carbocycles. The second-order valence-electron chi connectivity index (χ2n) is 8.34. The quantitative estimate of drug-likeness (QED) is 0.774. The van der Waals surface area contributed by atoms with Gasteiger partial charge >= 0.3 is 0 Å². The van der Waals surface area contributed by atoms with Crippen molar-refractivity contribution in [3.63, 3.8) is 0 Å². The van der Waals surface area contributed by atoms with Crippen LogP contribution in [0.4, 0.5) is 0 Å². The highest BCUT2D eigenvalue weighted by molar-refractivity contribution is 7.89. The van der Waals surface area contributed by atoms with Crippen molar-refractivity contribution >= 4 is 15.9 Å². The Balaban J connectivity index is 1.56. The molecule has 1 aromatic carbocycles. The van der Waals surface area contributed by atoms with Crippen molar-refractivity contribution in [3.05, 3.63) is 29.3 Å². The van der Waals surface area contributed by atoms with Crippen LogP contribution >= 0.6 is 0 Å². The van der Waals surface area contributed by atoms with E-state index in [1.807, 2.05) is 11.8 Å². The summed E-state index contributed by atoms with van der Waals surface area (Å²) in [6.45, 7) is 5.00. The Bertz CT molecular complexity index is 833. The number of morpholine rings is 1. The molecule has 1 saturated carbocycles. The number of aryl methyl sites for hydroxylation is 1. The Hall–Kier alpha value is -1.44. The third-order valence-electron chi connectivity index (χ3n) is 6.63. The number of likely N-dealkylation sites (tertiary alicyclic amines) is 1. The van der Waals surface area contributed by atoms with Crippen LogP contribution in [0.2, 0.25) is 0 Å². The zero-order chi connectivity index (χ0) is 19.7. The summed E-state index contributed by atoms with van der Waals surface area (Å²) in [7, 11) is -3.60. The number of ether oxygens (including phenoxy) is 1. The van der Waals surface area contributed by atoms with Crippen LogP contribution in [0.1, 0.15) is 48.0 Å². The van der Waals surface area contributed by atoms with Gasteiger partial charge in [0.2, 0.25) is 10.0 Å². The van der Waals surface area contributed by atoms with Gasteiger partial charge in [-0.25, -0.2) is 8.42 Å². The molecule has 4 rings (SSSR count). The van der Waals surface area contributed by atoms with E-state index in [0.717, 1.165) is 31.0 Å². The van der Waals surface area contributed by atoms with E-state index in [0.29, 0.717) is 37.8 Å². The zero-order valence-corrected chi connectivity index (χ0v) is 17.4. The smallest absolute Gasteiger partial charge is 0.254 e. The number of benzene rings is 1. The number of hydrogen-bond donors (Lipinski definition) is 0. The molecule has 2 aliphatic heterocycles. The molecule has 0 radical (unpaired) electrons. The summed E-state index contributed by atoms with van der Waals surface area (Å²) in [5.41, 5.74) is 1.35. The molecule has 2 atom stereocenters. The number of fused-ring (bicyclic) bond motifs is 1. The Kier molecular flexibility index (Phi) is 5.76. The standard InChI is InChI=1S/C21H30N2O4S/c1-16-6-7-19(28(25,26)23-10-12-27-13-11-23)14-20(16)21(24)22-9-8-17-4-2-3-5-18(17)15-22/h6-7,14,17-18H,2-5,8-13,15H2,1H3/t17-,18+/m1/s1. The highest BCUT2D eigenvalue weighted by Crippen LogP contribution is 2.36. The topological polar surface area (TPSA) is 66.9 Å². The first-order chi connectivity index (χ1) is 13.5. The van der Waals surface area contributed by atoms with Crippen molar-refractivity contribution in [2.24, 2.45) is 11.8 Å². The first-order valence-corrected chi connectivity index (χ1v) is 11.9. The van der Waals surface area contributed by atoms with Crippen LogP contribution in [-0.2, 0) is 14.8 Å². The minimum absolute atomic E-state index is 0.0273. The highest BCUT2D eigenvalue weighted by Gasteiger charge is 2.34. The Morgan fingerprint density at radius 3 is 2.50 bits per heavy atom. The van der Waals surface area contributed by atoms with Crippen LogP contribution < -0.4 is 0 Å². The SMILES string of the molecule is Cc1ccc(S(=O)(=O)N2CCOCC2)cc1C(=O)N1CC[C@H]2CCCC[C@H]2C1. The van der Waals surface area contributed by atoms with E-state index in [-0.39, 0.29) is 10.8 Å². The maximum Gasteiger partial charge on any atom is 0.254 e. The number of rotatable bonds is 3. The number of hydrogen-bond acceptors (Lipinski definition) is 4. The maximum absolute atomic E-state index is 13.2. The van der Waals surface area contributed by atoms with Crippen LogP contribution in [0.15, 0.2) is 23.1 Å². The van der Waals surface area contributed by atoms with Gasteiger partial charge in [-0.2, -0.15) is 4.31 Å². The summed E-state index contributed by atoms with van der Waals surface area (Å²) in [5, 5.41) is 0. The lowest BCUT2D eigenvalue weighted by molar-refractivity contribution is 0.0520. The molecule has 6 nitrogen and oxygen atoms in total. The van der Waals surface area contributed by atoms with E-state index < -0.39 is 10.0 Å². The predicted octanol–water partition coefficient (Wildman–Crippen LogP) is 2.67. The zero-order valence-electron chi connectivity index (χ0n) is 16.6. The molecular weight excluding hydrogens is 376 g/mol. The van der Waals surface area contributed by atoms with E-state index in [1.54, 1.807) is 18.2 Å². The number of amides is 1. The first-order valence-electron chi connectivity index (χ1n) is 10.4. The van der Waals surface area contributed by atoms with Crippen molar-refractivity contribution in [3.8, 4) is 0 Å². The second-order valence-corrected chi connectivity index (χ2v) is 10.3. The Labute approximate surface area is 167 Å². The van der Waals surface area contributed by atoms with E-state index >= 15 is 0 Å². The molecule has 3 fully saturated rings. The van der Waals surface area contributed by atoms with Crippen LogP contribution in [0.25, 0.3) is 0 Å². The van der Waals surface area contributed by atoms with Gasteiger partial charge in [-0.05, 0) is 49.3 Å². The first kappa shape index (κ1) is 19.9. The van der Waals surface area contributed by atoms with E-state index in [9.17, 15) is 13.2 Å². The predicted molar refractivity (Wildman–Crippen MR) is 107 cm³/mol. The monoisotopic (exact) mass is 406 g/mol. The third-order valence-corrected chi connectivity index (χ3v) is 8.52. The summed E-state index contributed by atoms with van der Waals surface area (Å²) in [6.07, 6.45) is 6.14. The maximum atomic E-state index is 13.2.